The zero-order valence-corrected chi connectivity index (χ0v) is 8.72. The van der Waals surface area contributed by atoms with Crippen LogP contribution in [-0.2, 0) is 0 Å². The Balaban J connectivity index is 2.90. The molecule has 0 atom stereocenters. The highest BCUT2D eigenvalue weighted by Gasteiger charge is 2.10. The SMILES string of the molecule is Cc1ccc(C(=O)[Si](C)C)cc1. The topological polar surface area (TPSA) is 17.1 Å². The quantitative estimate of drug-likeness (QED) is 0.634. The number of hydrogen-bond donors (Lipinski definition) is 0. The van der Waals surface area contributed by atoms with Gasteiger partial charge in [-0.25, -0.2) is 0 Å². The molecule has 0 heterocycles. The third-order valence-corrected chi connectivity index (χ3v) is 2.96. The Hall–Kier alpha value is -0.893. The Morgan fingerprint density at radius 2 is 1.67 bits per heavy atom. The van der Waals surface area contributed by atoms with Crippen LogP contribution in [0.25, 0.3) is 0 Å². The van der Waals surface area contributed by atoms with E-state index in [2.05, 4.69) is 0 Å². The van der Waals surface area contributed by atoms with Crippen LogP contribution >= 0.6 is 0 Å². The zero-order valence-electron chi connectivity index (χ0n) is 7.72. The minimum absolute atomic E-state index is 0.319. The fourth-order valence-electron chi connectivity index (χ4n) is 0.994. The molecule has 2 heteroatoms. The summed E-state index contributed by atoms with van der Waals surface area (Å²) in [6.07, 6.45) is 0. The summed E-state index contributed by atoms with van der Waals surface area (Å²) in [7, 11) is -0.816. The summed E-state index contributed by atoms with van der Waals surface area (Å²) >= 11 is 0. The molecule has 1 nitrogen and oxygen atoms in total. The molecule has 12 heavy (non-hydrogen) atoms. The van der Waals surface area contributed by atoms with E-state index in [9.17, 15) is 4.79 Å². The first kappa shape index (κ1) is 9.20. The average molecular weight is 177 g/mol. The highest BCUT2D eigenvalue weighted by molar-refractivity contribution is 6.90. The second kappa shape index (κ2) is 3.67. The highest BCUT2D eigenvalue weighted by atomic mass is 28.3. The van der Waals surface area contributed by atoms with Gasteiger partial charge < -0.3 is 4.79 Å². The maximum absolute atomic E-state index is 11.5. The molecular weight excluding hydrogens is 164 g/mol. The van der Waals surface area contributed by atoms with E-state index in [0.717, 1.165) is 5.56 Å². The second-order valence-corrected chi connectivity index (χ2v) is 5.65. The summed E-state index contributed by atoms with van der Waals surface area (Å²) in [5.74, 6) is 0. The zero-order chi connectivity index (χ0) is 9.14. The van der Waals surface area contributed by atoms with Gasteiger partial charge in [0.15, 0.2) is 0 Å². The van der Waals surface area contributed by atoms with Crippen LogP contribution < -0.4 is 0 Å². The summed E-state index contributed by atoms with van der Waals surface area (Å²) in [5.41, 5.74) is 2.06. The van der Waals surface area contributed by atoms with E-state index in [1.54, 1.807) is 0 Å². The van der Waals surface area contributed by atoms with Crippen molar-refractivity contribution in [1.82, 2.24) is 0 Å². The second-order valence-electron chi connectivity index (χ2n) is 3.20. The lowest BCUT2D eigenvalue weighted by Gasteiger charge is -2.02. The van der Waals surface area contributed by atoms with E-state index >= 15 is 0 Å². The molecule has 0 aliphatic heterocycles. The number of aryl methyl sites for hydroxylation is 1. The van der Waals surface area contributed by atoms with Crippen LogP contribution in [0.1, 0.15) is 15.9 Å². The van der Waals surface area contributed by atoms with Crippen LogP contribution in [0.2, 0.25) is 13.1 Å². The fourth-order valence-corrected chi connectivity index (χ4v) is 1.74. The van der Waals surface area contributed by atoms with E-state index in [1.807, 2.05) is 44.3 Å². The van der Waals surface area contributed by atoms with E-state index in [-0.39, 0.29) is 0 Å². The summed E-state index contributed by atoms with van der Waals surface area (Å²) in [6, 6.07) is 7.79. The molecule has 0 aromatic heterocycles. The Morgan fingerprint density at radius 1 is 1.17 bits per heavy atom. The number of hydrogen-bond acceptors (Lipinski definition) is 1. The molecule has 0 saturated carbocycles. The summed E-state index contributed by atoms with van der Waals surface area (Å²) in [6.45, 7) is 6.07. The third kappa shape index (κ3) is 2.05. The largest absolute Gasteiger partial charge is 0.300 e. The number of carbonyl (C=O) groups is 1. The van der Waals surface area contributed by atoms with Crippen molar-refractivity contribution in [2.45, 2.75) is 20.0 Å². The number of carbonyl (C=O) groups excluding carboxylic acids is 1. The van der Waals surface area contributed by atoms with Crippen molar-refractivity contribution < 1.29 is 4.79 Å². The smallest absolute Gasteiger partial charge is 0.137 e. The standard InChI is InChI=1S/C10H13OSi/c1-8-4-6-9(7-5-8)10(11)12(2)3/h4-7H,1-3H3. The van der Waals surface area contributed by atoms with Gasteiger partial charge in [0, 0.05) is 5.56 Å². The van der Waals surface area contributed by atoms with Gasteiger partial charge in [-0.1, -0.05) is 42.9 Å². The molecule has 0 bridgehead atoms. The van der Waals surface area contributed by atoms with E-state index in [4.69, 9.17) is 0 Å². The molecule has 0 spiro atoms. The number of rotatable bonds is 2. The fraction of sp³-hybridized carbons (Fsp3) is 0.300. The summed E-state index contributed by atoms with van der Waals surface area (Å²) in [5, 5.41) is 0.319. The van der Waals surface area contributed by atoms with Gasteiger partial charge >= 0.3 is 0 Å². The van der Waals surface area contributed by atoms with Crippen molar-refractivity contribution in [3.63, 3.8) is 0 Å². The minimum atomic E-state index is -0.816. The highest BCUT2D eigenvalue weighted by Crippen LogP contribution is 2.05. The van der Waals surface area contributed by atoms with Gasteiger partial charge in [0.1, 0.15) is 14.2 Å². The summed E-state index contributed by atoms with van der Waals surface area (Å²) < 4.78 is 0. The Labute approximate surface area is 75.0 Å². The van der Waals surface area contributed by atoms with Crippen molar-refractivity contribution in [3.8, 4) is 0 Å². The van der Waals surface area contributed by atoms with Gasteiger partial charge in [-0.2, -0.15) is 0 Å². The molecule has 0 N–H and O–H groups in total. The predicted octanol–water partition coefficient (Wildman–Crippen LogP) is 2.47. The van der Waals surface area contributed by atoms with Gasteiger partial charge in [0.2, 0.25) is 0 Å². The van der Waals surface area contributed by atoms with Crippen molar-refractivity contribution in [1.29, 1.82) is 0 Å². The normalized spacial score (nSPS) is 10.3. The van der Waals surface area contributed by atoms with Crippen LogP contribution in [-0.4, -0.2) is 14.2 Å². The van der Waals surface area contributed by atoms with Crippen LogP contribution in [0.15, 0.2) is 24.3 Å². The van der Waals surface area contributed by atoms with Crippen molar-refractivity contribution in [3.05, 3.63) is 35.4 Å². The molecule has 1 rings (SSSR count). The molecular formula is C10H13OSi. The Bertz CT molecular complexity index is 274. The Kier molecular flexibility index (Phi) is 2.81. The molecule has 0 fully saturated rings. The molecule has 0 unspecified atom stereocenters. The Morgan fingerprint density at radius 3 is 2.08 bits per heavy atom. The van der Waals surface area contributed by atoms with E-state index in [1.165, 1.54) is 5.56 Å². The molecule has 63 valence electrons. The average Bonchev–Trinajstić information content (AvgIpc) is 2.04. The van der Waals surface area contributed by atoms with Crippen molar-refractivity contribution in [2.24, 2.45) is 0 Å². The molecule has 0 amide bonds. The van der Waals surface area contributed by atoms with Gasteiger partial charge in [-0.05, 0) is 6.92 Å². The maximum Gasteiger partial charge on any atom is 0.137 e. The molecule has 1 radical (unpaired) electrons. The molecule has 0 aliphatic carbocycles. The molecule has 1 aromatic carbocycles. The lowest BCUT2D eigenvalue weighted by atomic mass is 10.2. The van der Waals surface area contributed by atoms with Crippen LogP contribution in [0.3, 0.4) is 0 Å². The van der Waals surface area contributed by atoms with Gasteiger partial charge in [0.05, 0.1) is 0 Å². The van der Waals surface area contributed by atoms with Crippen LogP contribution in [0, 0.1) is 6.92 Å². The third-order valence-electron chi connectivity index (χ3n) is 1.77. The number of benzene rings is 1. The van der Waals surface area contributed by atoms with Crippen LogP contribution in [0.4, 0.5) is 0 Å². The molecule has 0 aliphatic rings. The predicted molar refractivity (Wildman–Crippen MR) is 53.0 cm³/mol. The van der Waals surface area contributed by atoms with Crippen LogP contribution in [0.5, 0.6) is 0 Å². The lowest BCUT2D eigenvalue weighted by molar-refractivity contribution is 0.107. The monoisotopic (exact) mass is 177 g/mol. The lowest BCUT2D eigenvalue weighted by Crippen LogP contribution is -2.17. The van der Waals surface area contributed by atoms with Crippen molar-refractivity contribution in [2.75, 3.05) is 0 Å². The minimum Gasteiger partial charge on any atom is -0.300 e. The first-order valence-electron chi connectivity index (χ1n) is 4.03. The maximum atomic E-state index is 11.5. The van der Waals surface area contributed by atoms with E-state index in [0.29, 0.717) is 5.41 Å². The summed E-state index contributed by atoms with van der Waals surface area (Å²) in [4.78, 5) is 11.5. The van der Waals surface area contributed by atoms with Gasteiger partial charge in [-0.3, -0.25) is 0 Å². The molecule has 0 saturated heterocycles. The first-order chi connectivity index (χ1) is 5.61. The van der Waals surface area contributed by atoms with Crippen molar-refractivity contribution >= 4 is 14.2 Å². The van der Waals surface area contributed by atoms with Gasteiger partial charge in [-0.15, -0.1) is 0 Å². The van der Waals surface area contributed by atoms with E-state index < -0.39 is 8.80 Å². The molecule has 1 aromatic rings. The first-order valence-corrected chi connectivity index (χ1v) is 6.53. The van der Waals surface area contributed by atoms with Gasteiger partial charge in [0.25, 0.3) is 0 Å².